The summed E-state index contributed by atoms with van der Waals surface area (Å²) in [6.07, 6.45) is 8.32. The molecule has 2 heteroatoms. The molecule has 0 atom stereocenters. The first-order chi connectivity index (χ1) is 18.4. The molecule has 1 fully saturated rings. The summed E-state index contributed by atoms with van der Waals surface area (Å²) in [6.45, 7) is 9.32. The predicted molar refractivity (Wildman–Crippen MR) is 163 cm³/mol. The van der Waals surface area contributed by atoms with Gasteiger partial charge in [0.2, 0.25) is 0 Å². The molecule has 0 saturated heterocycles. The van der Waals surface area contributed by atoms with Crippen LogP contribution in [0.2, 0.25) is 0 Å². The van der Waals surface area contributed by atoms with Crippen molar-refractivity contribution in [2.45, 2.75) is 65.7 Å². The van der Waals surface area contributed by atoms with Gasteiger partial charge in [-0.2, -0.15) is 0 Å². The molecule has 7 aromatic rings. The van der Waals surface area contributed by atoms with Gasteiger partial charge in [0.15, 0.2) is 0 Å². The van der Waals surface area contributed by atoms with E-state index in [2.05, 4.69) is 92.8 Å². The summed E-state index contributed by atoms with van der Waals surface area (Å²) in [5, 5.41) is 9.40. The smallest absolute Gasteiger partial charge is 0.0823 e. The van der Waals surface area contributed by atoms with Crippen molar-refractivity contribution in [2.24, 2.45) is 5.41 Å². The van der Waals surface area contributed by atoms with Crippen molar-refractivity contribution < 1.29 is 0 Å². The monoisotopic (exact) mass is 494 g/mol. The normalized spacial score (nSPS) is 15.5. The zero-order valence-corrected chi connectivity index (χ0v) is 22.9. The minimum atomic E-state index is 0.152. The van der Waals surface area contributed by atoms with Crippen molar-refractivity contribution in [1.82, 2.24) is 9.38 Å². The standard InChI is InChI=1S/C36H34N2/c1-21-12-13-24-19-28-33-31-23(16-17-37-33)14-15-26-32-25(22-8-5-6-9-22)10-7-11-30(32)38(35(26)31)34(28)29(27(24)18-21)20-36(2,3)4/h7,10-19,22H,5-6,8-9,20H2,1-4H3. The first-order valence-electron chi connectivity index (χ1n) is 14.3. The quantitative estimate of drug-likeness (QED) is 0.173. The Morgan fingerprint density at radius 3 is 2.45 bits per heavy atom. The zero-order valence-electron chi connectivity index (χ0n) is 22.9. The molecule has 0 amide bonds. The van der Waals surface area contributed by atoms with Gasteiger partial charge in [-0.3, -0.25) is 4.98 Å². The van der Waals surface area contributed by atoms with E-state index < -0.39 is 0 Å². The van der Waals surface area contributed by atoms with E-state index in [1.165, 1.54) is 91.1 Å². The molecule has 0 aliphatic heterocycles. The summed E-state index contributed by atoms with van der Waals surface area (Å²) in [5.41, 5.74) is 9.65. The second kappa shape index (κ2) is 7.69. The number of hydrogen-bond acceptors (Lipinski definition) is 1. The number of aromatic nitrogens is 2. The number of aryl methyl sites for hydroxylation is 1. The Morgan fingerprint density at radius 1 is 0.816 bits per heavy atom. The van der Waals surface area contributed by atoms with Gasteiger partial charge in [0, 0.05) is 27.7 Å². The van der Waals surface area contributed by atoms with Crippen LogP contribution >= 0.6 is 0 Å². The topological polar surface area (TPSA) is 17.3 Å². The summed E-state index contributed by atoms with van der Waals surface area (Å²) >= 11 is 0. The third kappa shape index (κ3) is 3.04. The second-order valence-corrected chi connectivity index (χ2v) is 13.0. The molecule has 8 rings (SSSR count). The fourth-order valence-electron chi connectivity index (χ4n) is 7.57. The van der Waals surface area contributed by atoms with Crippen molar-refractivity contribution >= 4 is 59.8 Å². The molecule has 188 valence electrons. The van der Waals surface area contributed by atoms with Crippen LogP contribution in [0.15, 0.2) is 66.9 Å². The SMILES string of the molecule is Cc1ccc2cc3c4nccc5ccc6c7c(C8CCCC8)cccc7n(c3c(CC(C)(C)C)c2c1)c6c54. The molecular weight excluding hydrogens is 460 g/mol. The van der Waals surface area contributed by atoms with E-state index in [1.807, 2.05) is 6.20 Å². The lowest BCUT2D eigenvalue weighted by Crippen LogP contribution is -2.11. The van der Waals surface area contributed by atoms with Crippen molar-refractivity contribution in [3.8, 4) is 0 Å². The number of pyridine rings is 2. The maximum Gasteiger partial charge on any atom is 0.0823 e. The summed E-state index contributed by atoms with van der Waals surface area (Å²) in [5.74, 6) is 0.662. The van der Waals surface area contributed by atoms with Gasteiger partial charge in [0.1, 0.15) is 0 Å². The van der Waals surface area contributed by atoms with Gasteiger partial charge >= 0.3 is 0 Å². The third-order valence-electron chi connectivity index (χ3n) is 9.07. The third-order valence-corrected chi connectivity index (χ3v) is 9.07. The summed E-state index contributed by atoms with van der Waals surface area (Å²) in [6, 6.07) is 23.3. The molecule has 38 heavy (non-hydrogen) atoms. The van der Waals surface area contributed by atoms with Crippen LogP contribution in [0.1, 0.15) is 69.1 Å². The number of nitrogens with zero attached hydrogens (tertiary/aromatic N) is 2. The van der Waals surface area contributed by atoms with E-state index in [4.69, 9.17) is 4.98 Å². The highest BCUT2D eigenvalue weighted by atomic mass is 14.9. The van der Waals surface area contributed by atoms with Crippen molar-refractivity contribution in [3.05, 3.63) is 83.6 Å². The van der Waals surface area contributed by atoms with Gasteiger partial charge < -0.3 is 4.40 Å². The Bertz CT molecular complexity index is 2040. The van der Waals surface area contributed by atoms with Crippen LogP contribution in [0.3, 0.4) is 0 Å². The Labute approximate surface area is 223 Å². The molecule has 0 N–H and O–H groups in total. The highest BCUT2D eigenvalue weighted by Crippen LogP contribution is 2.47. The Morgan fingerprint density at radius 2 is 1.63 bits per heavy atom. The van der Waals surface area contributed by atoms with Gasteiger partial charge in [0.25, 0.3) is 0 Å². The molecule has 0 spiro atoms. The molecule has 1 aliphatic carbocycles. The lowest BCUT2D eigenvalue weighted by atomic mass is 9.84. The van der Waals surface area contributed by atoms with Crippen molar-refractivity contribution in [3.63, 3.8) is 0 Å². The van der Waals surface area contributed by atoms with Crippen LogP contribution in [0.5, 0.6) is 0 Å². The van der Waals surface area contributed by atoms with Gasteiger partial charge in [-0.05, 0) is 83.0 Å². The molecule has 3 heterocycles. The Kier molecular flexibility index (Phi) is 4.52. The van der Waals surface area contributed by atoms with Gasteiger partial charge in [-0.1, -0.05) is 81.6 Å². The van der Waals surface area contributed by atoms with Crippen LogP contribution < -0.4 is 0 Å². The van der Waals surface area contributed by atoms with E-state index in [0.29, 0.717) is 5.92 Å². The average Bonchev–Trinajstić information content (AvgIpc) is 3.55. The van der Waals surface area contributed by atoms with E-state index >= 15 is 0 Å². The van der Waals surface area contributed by atoms with E-state index in [-0.39, 0.29) is 5.41 Å². The molecule has 0 bridgehead atoms. The Balaban J connectivity index is 1.70. The molecular formula is C36H34N2. The summed E-state index contributed by atoms with van der Waals surface area (Å²) in [4.78, 5) is 5.08. The summed E-state index contributed by atoms with van der Waals surface area (Å²) in [7, 11) is 0. The molecule has 4 aromatic carbocycles. The second-order valence-electron chi connectivity index (χ2n) is 13.0. The first-order valence-corrected chi connectivity index (χ1v) is 14.3. The van der Waals surface area contributed by atoms with Crippen LogP contribution in [-0.2, 0) is 6.42 Å². The summed E-state index contributed by atoms with van der Waals surface area (Å²) < 4.78 is 2.64. The highest BCUT2D eigenvalue weighted by Gasteiger charge is 2.27. The molecule has 0 radical (unpaired) electrons. The van der Waals surface area contributed by atoms with Gasteiger partial charge in [-0.25, -0.2) is 0 Å². The maximum absolute atomic E-state index is 5.08. The molecule has 3 aromatic heterocycles. The van der Waals surface area contributed by atoms with Gasteiger partial charge in [-0.15, -0.1) is 0 Å². The minimum Gasteiger partial charge on any atom is -0.308 e. The van der Waals surface area contributed by atoms with Crippen molar-refractivity contribution in [2.75, 3.05) is 0 Å². The van der Waals surface area contributed by atoms with E-state index in [1.54, 1.807) is 5.56 Å². The number of fused-ring (bicyclic) bond motifs is 7. The van der Waals surface area contributed by atoms with Gasteiger partial charge in [0.05, 0.1) is 22.1 Å². The van der Waals surface area contributed by atoms with Crippen LogP contribution in [0, 0.1) is 12.3 Å². The van der Waals surface area contributed by atoms with Crippen LogP contribution in [0.25, 0.3) is 59.8 Å². The fourth-order valence-corrected chi connectivity index (χ4v) is 7.57. The lowest BCUT2D eigenvalue weighted by Gasteiger charge is -2.23. The predicted octanol–water partition coefficient (Wildman–Crippen LogP) is 10.1. The highest BCUT2D eigenvalue weighted by molar-refractivity contribution is 6.29. The maximum atomic E-state index is 5.08. The van der Waals surface area contributed by atoms with Crippen molar-refractivity contribution in [1.29, 1.82) is 0 Å². The van der Waals surface area contributed by atoms with E-state index in [0.717, 1.165) is 11.9 Å². The van der Waals surface area contributed by atoms with Crippen LogP contribution in [-0.4, -0.2) is 9.38 Å². The zero-order chi connectivity index (χ0) is 25.8. The largest absolute Gasteiger partial charge is 0.308 e. The fraction of sp³-hybridized carbons (Fsp3) is 0.306. The number of benzene rings is 4. The molecule has 1 saturated carbocycles. The number of rotatable bonds is 2. The lowest BCUT2D eigenvalue weighted by molar-refractivity contribution is 0.413. The average molecular weight is 495 g/mol. The minimum absolute atomic E-state index is 0.152. The molecule has 1 aliphatic rings. The number of hydrogen-bond donors (Lipinski definition) is 0. The van der Waals surface area contributed by atoms with Crippen LogP contribution in [0.4, 0.5) is 0 Å². The van der Waals surface area contributed by atoms with E-state index in [9.17, 15) is 0 Å². The Hall–Kier alpha value is -3.65. The molecule has 0 unspecified atom stereocenters. The molecule has 2 nitrogen and oxygen atoms in total. The first kappa shape index (κ1) is 22.3.